The molecule has 1 aliphatic carbocycles. The minimum Gasteiger partial charge on any atom is -0.496 e. The quantitative estimate of drug-likeness (QED) is 0.820. The van der Waals surface area contributed by atoms with Crippen LogP contribution in [0.4, 0.5) is 0 Å². The Bertz CT molecular complexity index is 338. The van der Waals surface area contributed by atoms with Crippen LogP contribution < -0.4 is 10.5 Å². The summed E-state index contributed by atoms with van der Waals surface area (Å²) >= 11 is 3.46. The largest absolute Gasteiger partial charge is 0.496 e. The predicted molar refractivity (Wildman–Crippen MR) is 55.9 cm³/mol. The van der Waals surface area contributed by atoms with Gasteiger partial charge in [0, 0.05) is 6.04 Å². The lowest BCUT2D eigenvalue weighted by atomic mass is 10.1. The summed E-state index contributed by atoms with van der Waals surface area (Å²) in [7, 11) is 1.67. The lowest BCUT2D eigenvalue weighted by Crippen LogP contribution is -2.05. The van der Waals surface area contributed by atoms with Gasteiger partial charge in [0.15, 0.2) is 0 Å². The van der Waals surface area contributed by atoms with E-state index >= 15 is 0 Å². The Labute approximate surface area is 86.2 Å². The highest BCUT2D eigenvalue weighted by Gasteiger charge is 2.20. The maximum Gasteiger partial charge on any atom is 0.133 e. The molecule has 0 bridgehead atoms. The van der Waals surface area contributed by atoms with Crippen LogP contribution in [0.5, 0.6) is 5.75 Å². The molecule has 0 heterocycles. The molecular weight excluding hydrogens is 230 g/mol. The van der Waals surface area contributed by atoms with E-state index in [4.69, 9.17) is 10.5 Å². The second-order valence-electron chi connectivity index (χ2n) is 3.33. The smallest absolute Gasteiger partial charge is 0.133 e. The Balaban J connectivity index is 2.51. The van der Waals surface area contributed by atoms with E-state index in [2.05, 4.69) is 22.0 Å². The second kappa shape index (κ2) is 3.31. The molecule has 0 spiro atoms. The molecule has 0 fully saturated rings. The van der Waals surface area contributed by atoms with E-state index < -0.39 is 0 Å². The fourth-order valence-electron chi connectivity index (χ4n) is 1.79. The van der Waals surface area contributed by atoms with Gasteiger partial charge in [-0.2, -0.15) is 0 Å². The molecule has 0 radical (unpaired) electrons. The number of nitrogens with two attached hydrogens (primary N) is 1. The number of rotatable bonds is 1. The number of methoxy groups -OCH3 is 1. The van der Waals surface area contributed by atoms with Gasteiger partial charge in [-0.15, -0.1) is 0 Å². The minimum absolute atomic E-state index is 0.192. The summed E-state index contributed by atoms with van der Waals surface area (Å²) in [4.78, 5) is 0. The van der Waals surface area contributed by atoms with E-state index in [1.807, 2.05) is 6.07 Å². The van der Waals surface area contributed by atoms with E-state index in [1.165, 1.54) is 11.1 Å². The van der Waals surface area contributed by atoms with Crippen LogP contribution >= 0.6 is 15.9 Å². The topological polar surface area (TPSA) is 35.2 Å². The molecule has 0 aliphatic heterocycles. The average Bonchev–Trinajstić information content (AvgIpc) is 2.46. The molecule has 2 N–H and O–H groups in total. The molecule has 1 aromatic carbocycles. The predicted octanol–water partition coefficient (Wildman–Crippen LogP) is 2.40. The summed E-state index contributed by atoms with van der Waals surface area (Å²) in [5.41, 5.74) is 8.53. The van der Waals surface area contributed by atoms with Gasteiger partial charge in [0.2, 0.25) is 0 Å². The van der Waals surface area contributed by atoms with E-state index in [0.717, 1.165) is 23.1 Å². The van der Waals surface area contributed by atoms with Gasteiger partial charge in [0.1, 0.15) is 5.75 Å². The number of hydrogen-bond acceptors (Lipinski definition) is 2. The zero-order valence-electron chi connectivity index (χ0n) is 7.51. The summed E-state index contributed by atoms with van der Waals surface area (Å²) in [6.07, 6.45) is 2.13. The molecule has 2 nitrogen and oxygen atoms in total. The van der Waals surface area contributed by atoms with Crippen LogP contribution in [0.3, 0.4) is 0 Å². The van der Waals surface area contributed by atoms with Gasteiger partial charge >= 0.3 is 0 Å². The molecule has 0 saturated carbocycles. The number of hydrogen-bond donors (Lipinski definition) is 1. The molecule has 1 atom stereocenters. The maximum atomic E-state index is 5.95. The fourth-order valence-corrected chi connectivity index (χ4v) is 2.35. The van der Waals surface area contributed by atoms with Crippen LogP contribution in [0.1, 0.15) is 23.6 Å². The number of halogens is 1. The van der Waals surface area contributed by atoms with Crippen molar-refractivity contribution in [1.29, 1.82) is 0 Å². The summed E-state index contributed by atoms with van der Waals surface area (Å²) in [6, 6.07) is 4.34. The average molecular weight is 242 g/mol. The third-order valence-electron chi connectivity index (χ3n) is 2.54. The molecule has 70 valence electrons. The van der Waals surface area contributed by atoms with Crippen LogP contribution in [-0.4, -0.2) is 7.11 Å². The molecule has 0 aromatic heterocycles. The van der Waals surface area contributed by atoms with Gasteiger partial charge in [0.25, 0.3) is 0 Å². The molecule has 2 rings (SSSR count). The van der Waals surface area contributed by atoms with Crippen molar-refractivity contribution in [3.05, 3.63) is 27.7 Å². The maximum absolute atomic E-state index is 5.95. The Hall–Kier alpha value is -0.540. The molecule has 0 amide bonds. The van der Waals surface area contributed by atoms with E-state index in [9.17, 15) is 0 Å². The summed E-state index contributed by atoms with van der Waals surface area (Å²) < 4.78 is 6.23. The van der Waals surface area contributed by atoms with Crippen molar-refractivity contribution < 1.29 is 4.74 Å². The Kier molecular flexibility index (Phi) is 2.30. The van der Waals surface area contributed by atoms with Gasteiger partial charge in [0.05, 0.1) is 11.6 Å². The van der Waals surface area contributed by atoms with E-state index in [-0.39, 0.29) is 6.04 Å². The number of fused-ring (bicyclic) bond motifs is 1. The number of benzene rings is 1. The van der Waals surface area contributed by atoms with Gasteiger partial charge in [-0.05, 0) is 52.0 Å². The highest BCUT2D eigenvalue weighted by Crippen LogP contribution is 2.36. The number of aryl methyl sites for hydroxylation is 1. The van der Waals surface area contributed by atoms with Crippen LogP contribution in [-0.2, 0) is 6.42 Å². The van der Waals surface area contributed by atoms with Crippen molar-refractivity contribution in [1.82, 2.24) is 0 Å². The summed E-state index contributed by atoms with van der Waals surface area (Å²) in [5.74, 6) is 0.871. The molecule has 3 heteroatoms. The molecule has 1 aromatic rings. The van der Waals surface area contributed by atoms with Gasteiger partial charge in [-0.3, -0.25) is 0 Å². The molecule has 1 aliphatic rings. The summed E-state index contributed by atoms with van der Waals surface area (Å²) in [6.45, 7) is 0. The van der Waals surface area contributed by atoms with Crippen LogP contribution in [0.2, 0.25) is 0 Å². The van der Waals surface area contributed by atoms with Crippen LogP contribution in [0.15, 0.2) is 16.6 Å². The minimum atomic E-state index is 0.192. The highest BCUT2D eigenvalue weighted by molar-refractivity contribution is 9.10. The number of ether oxygens (including phenoxy) is 1. The molecular formula is C10H12BrNO. The van der Waals surface area contributed by atoms with Crippen molar-refractivity contribution in [3.63, 3.8) is 0 Å². The first-order valence-electron chi connectivity index (χ1n) is 4.34. The first-order chi connectivity index (χ1) is 6.22. The lowest BCUT2D eigenvalue weighted by Gasteiger charge is -2.09. The van der Waals surface area contributed by atoms with Crippen molar-refractivity contribution in [2.75, 3.05) is 7.11 Å². The van der Waals surface area contributed by atoms with Crippen LogP contribution in [0.25, 0.3) is 0 Å². The third-order valence-corrected chi connectivity index (χ3v) is 3.16. The Morgan fingerprint density at radius 2 is 2.31 bits per heavy atom. The fraction of sp³-hybridized carbons (Fsp3) is 0.400. The van der Waals surface area contributed by atoms with E-state index in [0.29, 0.717) is 0 Å². The Morgan fingerprint density at radius 1 is 1.54 bits per heavy atom. The zero-order valence-corrected chi connectivity index (χ0v) is 9.10. The van der Waals surface area contributed by atoms with Crippen molar-refractivity contribution in [2.45, 2.75) is 18.9 Å². The van der Waals surface area contributed by atoms with Crippen molar-refractivity contribution >= 4 is 15.9 Å². The molecule has 13 heavy (non-hydrogen) atoms. The molecule has 0 saturated heterocycles. The van der Waals surface area contributed by atoms with Gasteiger partial charge in [-0.25, -0.2) is 0 Å². The van der Waals surface area contributed by atoms with E-state index in [1.54, 1.807) is 7.11 Å². The molecule has 1 unspecified atom stereocenters. The SMILES string of the molecule is COc1cc2c(cc1Br)CCC2N. The van der Waals surface area contributed by atoms with Crippen molar-refractivity contribution in [2.24, 2.45) is 5.73 Å². The van der Waals surface area contributed by atoms with Gasteiger partial charge in [-0.1, -0.05) is 0 Å². The third kappa shape index (κ3) is 1.46. The summed E-state index contributed by atoms with van der Waals surface area (Å²) in [5, 5.41) is 0. The second-order valence-corrected chi connectivity index (χ2v) is 4.19. The lowest BCUT2D eigenvalue weighted by molar-refractivity contribution is 0.411. The first kappa shape index (κ1) is 9.03. The highest BCUT2D eigenvalue weighted by atomic mass is 79.9. The Morgan fingerprint density at radius 3 is 3.00 bits per heavy atom. The first-order valence-corrected chi connectivity index (χ1v) is 5.13. The zero-order chi connectivity index (χ0) is 9.42. The van der Waals surface area contributed by atoms with Gasteiger partial charge < -0.3 is 10.5 Å². The standard InChI is InChI=1S/C10H12BrNO/c1-13-10-5-7-6(4-8(10)11)2-3-9(7)12/h4-5,9H,2-3,12H2,1H3. The monoisotopic (exact) mass is 241 g/mol. The van der Waals surface area contributed by atoms with Crippen molar-refractivity contribution in [3.8, 4) is 5.75 Å². The normalized spacial score (nSPS) is 20.1. The van der Waals surface area contributed by atoms with Crippen LogP contribution in [0, 0.1) is 0 Å².